The van der Waals surface area contributed by atoms with Gasteiger partial charge in [-0.15, -0.1) is 0 Å². The van der Waals surface area contributed by atoms with Gasteiger partial charge in [0.15, 0.2) is 5.17 Å². The Labute approximate surface area is 160 Å². The number of nitrogens with one attached hydrogen (secondary N) is 1. The van der Waals surface area contributed by atoms with E-state index in [0.29, 0.717) is 16.6 Å². The monoisotopic (exact) mass is 387 g/mol. The number of carbonyl (C=O) groups is 2. The lowest BCUT2D eigenvalue weighted by atomic mass is 10.2. The van der Waals surface area contributed by atoms with Crippen LogP contribution in [0.3, 0.4) is 0 Å². The molecule has 0 aliphatic carbocycles. The number of ether oxygens (including phenoxy) is 1. The first-order valence-electron chi connectivity index (χ1n) is 8.19. The molecule has 2 amide bonds. The largest absolute Gasteiger partial charge is 0.497 e. The minimum atomic E-state index is -0.697. The molecule has 2 aromatic rings. The highest BCUT2D eigenvalue weighted by Gasteiger charge is 2.34. The van der Waals surface area contributed by atoms with E-state index in [0.717, 1.165) is 11.8 Å². The van der Waals surface area contributed by atoms with Crippen LogP contribution < -0.4 is 10.1 Å². The topological polar surface area (TPSA) is 71.0 Å². The fourth-order valence-corrected chi connectivity index (χ4v) is 3.53. The number of benzene rings is 2. The van der Waals surface area contributed by atoms with Crippen LogP contribution in [0, 0.1) is 5.82 Å². The van der Waals surface area contributed by atoms with Crippen molar-refractivity contribution in [2.45, 2.75) is 11.7 Å². The second-order valence-corrected chi connectivity index (χ2v) is 7.00. The molecule has 1 atom stereocenters. The maximum atomic E-state index is 13.8. The number of rotatable bonds is 4. The van der Waals surface area contributed by atoms with Gasteiger partial charge < -0.3 is 10.1 Å². The average molecular weight is 387 g/mol. The van der Waals surface area contributed by atoms with Crippen molar-refractivity contribution in [1.82, 2.24) is 4.90 Å². The lowest BCUT2D eigenvalue weighted by Crippen LogP contribution is -2.43. The number of nitrogens with zero attached hydrogens (tertiary/aromatic N) is 2. The Morgan fingerprint density at radius 1 is 1.30 bits per heavy atom. The third-order valence-electron chi connectivity index (χ3n) is 3.97. The van der Waals surface area contributed by atoms with Crippen LogP contribution >= 0.6 is 11.8 Å². The number of carbonyl (C=O) groups excluding carboxylic acids is 2. The Kier molecular flexibility index (Phi) is 5.75. The molecule has 1 aliphatic rings. The lowest BCUT2D eigenvalue weighted by Gasteiger charge is -2.28. The van der Waals surface area contributed by atoms with E-state index in [-0.39, 0.29) is 18.0 Å². The highest BCUT2D eigenvalue weighted by Crippen LogP contribution is 2.30. The van der Waals surface area contributed by atoms with Gasteiger partial charge in [0.1, 0.15) is 16.8 Å². The van der Waals surface area contributed by atoms with Gasteiger partial charge >= 0.3 is 0 Å². The van der Waals surface area contributed by atoms with Crippen LogP contribution in [0.2, 0.25) is 0 Å². The van der Waals surface area contributed by atoms with Crippen LogP contribution in [-0.2, 0) is 9.59 Å². The minimum Gasteiger partial charge on any atom is -0.497 e. The molecule has 8 heteroatoms. The number of thioether (sulfide) groups is 1. The van der Waals surface area contributed by atoms with E-state index in [1.54, 1.807) is 44.5 Å². The van der Waals surface area contributed by atoms with Crippen LogP contribution in [-0.4, -0.2) is 41.3 Å². The molecule has 0 spiro atoms. The lowest BCUT2D eigenvalue weighted by molar-refractivity contribution is -0.128. The molecule has 1 N–H and O–H groups in total. The number of amides is 2. The first kappa shape index (κ1) is 18.9. The maximum absolute atomic E-state index is 13.8. The predicted molar refractivity (Wildman–Crippen MR) is 104 cm³/mol. The molecule has 0 bridgehead atoms. The van der Waals surface area contributed by atoms with E-state index in [4.69, 9.17) is 4.74 Å². The first-order valence-corrected chi connectivity index (χ1v) is 9.07. The second-order valence-electron chi connectivity index (χ2n) is 5.83. The summed E-state index contributed by atoms with van der Waals surface area (Å²) in [6.45, 7) is 0. The number of para-hydroxylation sites is 1. The number of halogens is 1. The van der Waals surface area contributed by atoms with Gasteiger partial charge in [-0.25, -0.2) is 9.38 Å². The van der Waals surface area contributed by atoms with Crippen molar-refractivity contribution >= 4 is 40.1 Å². The van der Waals surface area contributed by atoms with Gasteiger partial charge in [0, 0.05) is 19.5 Å². The SMILES string of the molecule is COc1cccc(N=C2S[C@@H](C(=O)Nc3ccccc3F)CC(=O)N2C)c1. The standard InChI is InChI=1S/C19H18FN3O3S/c1-23-17(24)11-16(18(25)22-15-9-4-3-8-14(15)20)27-19(23)21-12-6-5-7-13(10-12)26-2/h3-10,16H,11H2,1-2H3,(H,22,25)/t16-/m1/s1. The Morgan fingerprint density at radius 3 is 2.81 bits per heavy atom. The van der Waals surface area contributed by atoms with E-state index in [1.165, 1.54) is 23.1 Å². The summed E-state index contributed by atoms with van der Waals surface area (Å²) in [6.07, 6.45) is 0.0125. The average Bonchev–Trinajstić information content (AvgIpc) is 2.67. The third-order valence-corrected chi connectivity index (χ3v) is 5.21. The molecule has 6 nitrogen and oxygen atoms in total. The van der Waals surface area contributed by atoms with Crippen LogP contribution in [0.1, 0.15) is 6.42 Å². The summed E-state index contributed by atoms with van der Waals surface area (Å²) in [5.74, 6) is -0.560. The summed E-state index contributed by atoms with van der Waals surface area (Å²) in [5.41, 5.74) is 0.687. The molecule has 0 radical (unpaired) electrons. The van der Waals surface area contributed by atoms with Crippen molar-refractivity contribution in [2.75, 3.05) is 19.5 Å². The third kappa shape index (κ3) is 4.46. The quantitative estimate of drug-likeness (QED) is 0.873. The van der Waals surface area contributed by atoms with Crippen molar-refractivity contribution in [3.63, 3.8) is 0 Å². The number of aliphatic imine (C=N–C) groups is 1. The van der Waals surface area contributed by atoms with E-state index >= 15 is 0 Å². The van der Waals surface area contributed by atoms with Crippen molar-refractivity contribution < 1.29 is 18.7 Å². The molecular weight excluding hydrogens is 369 g/mol. The molecule has 2 aromatic carbocycles. The Hall–Kier alpha value is -2.87. The van der Waals surface area contributed by atoms with E-state index in [1.807, 2.05) is 0 Å². The summed E-state index contributed by atoms with van der Waals surface area (Å²) < 4.78 is 18.9. The van der Waals surface area contributed by atoms with E-state index in [9.17, 15) is 14.0 Å². The summed E-state index contributed by atoms with van der Waals surface area (Å²) in [5, 5.41) is 2.24. The van der Waals surface area contributed by atoms with E-state index < -0.39 is 17.0 Å². The van der Waals surface area contributed by atoms with Gasteiger partial charge in [-0.1, -0.05) is 30.0 Å². The van der Waals surface area contributed by atoms with Crippen LogP contribution in [0.25, 0.3) is 0 Å². The number of amidine groups is 1. The number of hydrogen-bond donors (Lipinski definition) is 1. The molecule has 27 heavy (non-hydrogen) atoms. The van der Waals surface area contributed by atoms with Gasteiger partial charge in [0.2, 0.25) is 11.8 Å². The second kappa shape index (κ2) is 8.22. The van der Waals surface area contributed by atoms with Gasteiger partial charge in [-0.05, 0) is 24.3 Å². The molecule has 1 saturated heterocycles. The zero-order chi connectivity index (χ0) is 19.4. The predicted octanol–water partition coefficient (Wildman–Crippen LogP) is 3.42. The molecule has 0 saturated carbocycles. The van der Waals surface area contributed by atoms with Crippen molar-refractivity contribution in [1.29, 1.82) is 0 Å². The highest BCUT2D eigenvalue weighted by atomic mass is 32.2. The van der Waals surface area contributed by atoms with Crippen LogP contribution in [0.4, 0.5) is 15.8 Å². The fraction of sp³-hybridized carbons (Fsp3) is 0.211. The van der Waals surface area contributed by atoms with Crippen molar-refractivity contribution in [2.24, 2.45) is 4.99 Å². The first-order chi connectivity index (χ1) is 13.0. The molecule has 0 aromatic heterocycles. The fourth-order valence-electron chi connectivity index (χ4n) is 2.46. The molecule has 1 fully saturated rings. The normalized spacial score (nSPS) is 18.5. The van der Waals surface area contributed by atoms with Gasteiger partial charge in [-0.3, -0.25) is 14.5 Å². The zero-order valence-electron chi connectivity index (χ0n) is 14.8. The molecule has 1 aliphatic heterocycles. The summed E-state index contributed by atoms with van der Waals surface area (Å²) in [6, 6.07) is 13.0. The maximum Gasteiger partial charge on any atom is 0.238 e. The smallest absolute Gasteiger partial charge is 0.238 e. The Bertz CT molecular complexity index is 903. The summed E-state index contributed by atoms with van der Waals surface area (Å²) in [7, 11) is 3.17. The van der Waals surface area contributed by atoms with Gasteiger partial charge in [-0.2, -0.15) is 0 Å². The van der Waals surface area contributed by atoms with Gasteiger partial charge in [0.05, 0.1) is 18.5 Å². The van der Waals surface area contributed by atoms with Crippen molar-refractivity contribution in [3.8, 4) is 5.75 Å². The molecule has 3 rings (SSSR count). The molecular formula is C19H18FN3O3S. The Balaban J connectivity index is 1.80. The van der Waals surface area contributed by atoms with E-state index in [2.05, 4.69) is 10.3 Å². The van der Waals surface area contributed by atoms with Crippen molar-refractivity contribution in [3.05, 3.63) is 54.3 Å². The summed E-state index contributed by atoms with van der Waals surface area (Å²) in [4.78, 5) is 30.7. The molecule has 1 heterocycles. The number of anilines is 1. The van der Waals surface area contributed by atoms with Gasteiger partial charge in [0.25, 0.3) is 0 Å². The Morgan fingerprint density at radius 2 is 2.07 bits per heavy atom. The van der Waals surface area contributed by atoms with Crippen LogP contribution in [0.15, 0.2) is 53.5 Å². The summed E-state index contributed by atoms with van der Waals surface area (Å²) >= 11 is 1.16. The van der Waals surface area contributed by atoms with Crippen LogP contribution in [0.5, 0.6) is 5.75 Å². The molecule has 0 unspecified atom stereocenters. The minimum absolute atomic E-state index is 0.0125. The number of hydrogen-bond acceptors (Lipinski definition) is 5. The highest BCUT2D eigenvalue weighted by molar-refractivity contribution is 8.15. The number of methoxy groups -OCH3 is 1. The molecule has 140 valence electrons. The zero-order valence-corrected chi connectivity index (χ0v) is 15.6.